The number of pyridine rings is 1. The number of nitrogens with one attached hydrogen (secondary N) is 1. The summed E-state index contributed by atoms with van der Waals surface area (Å²) >= 11 is 0. The van der Waals surface area contributed by atoms with E-state index in [-0.39, 0.29) is 17.7 Å². The van der Waals surface area contributed by atoms with Gasteiger partial charge >= 0.3 is 6.18 Å². The van der Waals surface area contributed by atoms with Crippen molar-refractivity contribution >= 4 is 17.2 Å². The van der Waals surface area contributed by atoms with Gasteiger partial charge in [-0.1, -0.05) is 18.2 Å². The van der Waals surface area contributed by atoms with Gasteiger partial charge in [0.15, 0.2) is 0 Å². The Bertz CT molecular complexity index is 1200. The SMILES string of the molecule is CC1=CCc2ncc(-c3ccc(CC(=O)Nc4cncc(C(F)(F)F)c4)c(F)c3)nc21. The number of anilines is 1. The van der Waals surface area contributed by atoms with Crippen LogP contribution >= 0.6 is 0 Å². The van der Waals surface area contributed by atoms with Crippen LogP contribution in [0.4, 0.5) is 23.2 Å². The van der Waals surface area contributed by atoms with Crippen LogP contribution in [0.3, 0.4) is 0 Å². The average molecular weight is 428 g/mol. The monoisotopic (exact) mass is 428 g/mol. The van der Waals surface area contributed by atoms with E-state index in [1.54, 1.807) is 12.3 Å². The van der Waals surface area contributed by atoms with Crippen LogP contribution in [-0.2, 0) is 23.8 Å². The Hall–Kier alpha value is -3.62. The molecule has 3 aromatic rings. The first kappa shape index (κ1) is 20.6. The van der Waals surface area contributed by atoms with Gasteiger partial charge in [-0.15, -0.1) is 0 Å². The molecule has 0 unspecified atom stereocenters. The van der Waals surface area contributed by atoms with Crippen molar-refractivity contribution < 1.29 is 22.4 Å². The van der Waals surface area contributed by atoms with Crippen molar-refractivity contribution in [3.05, 3.63) is 77.3 Å². The van der Waals surface area contributed by atoms with E-state index in [9.17, 15) is 22.4 Å². The molecular formula is C22H16F4N4O. The summed E-state index contributed by atoms with van der Waals surface area (Å²) in [6.45, 7) is 1.94. The maximum atomic E-state index is 14.6. The summed E-state index contributed by atoms with van der Waals surface area (Å²) < 4.78 is 52.9. The lowest BCUT2D eigenvalue weighted by Crippen LogP contribution is -2.16. The third-order valence-corrected chi connectivity index (χ3v) is 4.87. The molecule has 1 aliphatic carbocycles. The van der Waals surface area contributed by atoms with Gasteiger partial charge in [-0.3, -0.25) is 14.8 Å². The predicted octanol–water partition coefficient (Wildman–Crippen LogP) is 4.84. The van der Waals surface area contributed by atoms with Gasteiger partial charge in [-0.2, -0.15) is 13.2 Å². The third-order valence-electron chi connectivity index (χ3n) is 4.87. The van der Waals surface area contributed by atoms with Crippen LogP contribution in [-0.4, -0.2) is 20.9 Å². The van der Waals surface area contributed by atoms with E-state index in [1.807, 2.05) is 13.0 Å². The van der Waals surface area contributed by atoms with Gasteiger partial charge in [-0.25, -0.2) is 9.37 Å². The van der Waals surface area contributed by atoms with Gasteiger partial charge in [0.25, 0.3) is 0 Å². The van der Waals surface area contributed by atoms with E-state index in [4.69, 9.17) is 0 Å². The van der Waals surface area contributed by atoms with Gasteiger partial charge in [0.1, 0.15) is 5.82 Å². The molecule has 9 heteroatoms. The summed E-state index contributed by atoms with van der Waals surface area (Å²) in [5.41, 5.74) is 2.70. The molecule has 2 heterocycles. The van der Waals surface area contributed by atoms with E-state index in [1.165, 1.54) is 12.1 Å². The van der Waals surface area contributed by atoms with Crippen LogP contribution in [0.1, 0.15) is 29.4 Å². The highest BCUT2D eigenvalue weighted by Gasteiger charge is 2.31. The summed E-state index contributed by atoms with van der Waals surface area (Å²) in [7, 11) is 0. The fraction of sp³-hybridized carbons (Fsp3) is 0.182. The maximum Gasteiger partial charge on any atom is 0.417 e. The molecule has 1 amide bonds. The summed E-state index contributed by atoms with van der Waals surface area (Å²) in [4.78, 5) is 24.6. The molecule has 0 spiro atoms. The number of hydrogen-bond acceptors (Lipinski definition) is 4. The van der Waals surface area contributed by atoms with E-state index in [0.717, 1.165) is 35.6 Å². The van der Waals surface area contributed by atoms with Crippen molar-refractivity contribution in [3.63, 3.8) is 0 Å². The van der Waals surface area contributed by atoms with Crippen molar-refractivity contribution in [2.45, 2.75) is 25.9 Å². The summed E-state index contributed by atoms with van der Waals surface area (Å²) in [5, 5.41) is 2.31. The highest BCUT2D eigenvalue weighted by molar-refractivity contribution is 5.92. The quantitative estimate of drug-likeness (QED) is 0.604. The second-order valence-electron chi connectivity index (χ2n) is 7.13. The van der Waals surface area contributed by atoms with Gasteiger partial charge in [0, 0.05) is 18.2 Å². The normalized spacial score (nSPS) is 13.0. The number of alkyl halides is 3. The molecule has 1 N–H and O–H groups in total. The largest absolute Gasteiger partial charge is 0.417 e. The van der Waals surface area contributed by atoms with Crippen LogP contribution in [0, 0.1) is 5.82 Å². The molecule has 0 aliphatic heterocycles. The molecule has 0 radical (unpaired) electrons. The summed E-state index contributed by atoms with van der Waals surface area (Å²) in [5.74, 6) is -1.28. The first-order valence-electron chi connectivity index (χ1n) is 9.34. The number of nitrogens with zero attached hydrogens (tertiary/aromatic N) is 3. The molecule has 2 aromatic heterocycles. The van der Waals surface area contributed by atoms with Crippen LogP contribution in [0.2, 0.25) is 0 Å². The number of aromatic nitrogens is 3. The van der Waals surface area contributed by atoms with E-state index in [0.29, 0.717) is 17.5 Å². The van der Waals surface area contributed by atoms with Gasteiger partial charge in [0.05, 0.1) is 47.1 Å². The molecule has 0 fully saturated rings. The zero-order chi connectivity index (χ0) is 22.2. The minimum absolute atomic E-state index is 0.103. The molecule has 158 valence electrons. The third kappa shape index (κ3) is 4.45. The van der Waals surface area contributed by atoms with Crippen molar-refractivity contribution in [1.29, 1.82) is 0 Å². The highest BCUT2D eigenvalue weighted by atomic mass is 19.4. The molecule has 31 heavy (non-hydrogen) atoms. The number of carbonyl (C=O) groups is 1. The topological polar surface area (TPSA) is 67.8 Å². The minimum Gasteiger partial charge on any atom is -0.324 e. The first-order valence-corrected chi connectivity index (χ1v) is 9.34. The standard InChI is InChI=1S/C22H16F4N4O/c1-12-2-5-18-21(12)30-19(11-28-18)14-4-3-13(17(23)6-14)7-20(31)29-16-8-15(9-27-10-16)22(24,25)26/h2-4,6,8-11H,5,7H2,1H3,(H,29,31). The molecule has 1 aliphatic rings. The van der Waals surface area contributed by atoms with Crippen LogP contribution < -0.4 is 5.32 Å². The Kier molecular flexibility index (Phi) is 5.26. The summed E-state index contributed by atoms with van der Waals surface area (Å²) in [6.07, 6.45) is 1.15. The number of benzene rings is 1. The smallest absolute Gasteiger partial charge is 0.324 e. The number of hydrogen-bond donors (Lipinski definition) is 1. The van der Waals surface area contributed by atoms with Crippen LogP contribution in [0.25, 0.3) is 16.8 Å². The van der Waals surface area contributed by atoms with E-state index in [2.05, 4.69) is 20.3 Å². The van der Waals surface area contributed by atoms with Gasteiger partial charge in [0.2, 0.25) is 5.91 Å². The Labute approximate surface area is 174 Å². The number of carbonyl (C=O) groups excluding carboxylic acids is 1. The minimum atomic E-state index is -4.58. The lowest BCUT2D eigenvalue weighted by atomic mass is 10.1. The van der Waals surface area contributed by atoms with Crippen LogP contribution in [0.5, 0.6) is 0 Å². The second kappa shape index (κ2) is 7.90. The number of fused-ring (bicyclic) bond motifs is 1. The molecule has 0 atom stereocenters. The molecule has 0 saturated carbocycles. The Morgan fingerprint density at radius 2 is 1.97 bits per heavy atom. The fourth-order valence-corrected chi connectivity index (χ4v) is 3.26. The Morgan fingerprint density at radius 3 is 2.71 bits per heavy atom. The van der Waals surface area contributed by atoms with E-state index < -0.39 is 23.5 Å². The average Bonchev–Trinajstić information content (AvgIpc) is 3.09. The van der Waals surface area contributed by atoms with E-state index >= 15 is 0 Å². The molecule has 0 saturated heterocycles. The van der Waals surface area contributed by atoms with Gasteiger partial charge < -0.3 is 5.32 Å². The maximum absolute atomic E-state index is 14.6. The van der Waals surface area contributed by atoms with Crippen molar-refractivity contribution in [3.8, 4) is 11.3 Å². The first-order chi connectivity index (χ1) is 14.7. The molecule has 4 rings (SSSR count). The number of rotatable bonds is 4. The summed E-state index contributed by atoms with van der Waals surface area (Å²) in [6, 6.07) is 5.11. The Morgan fingerprint density at radius 1 is 1.16 bits per heavy atom. The number of halogens is 4. The predicted molar refractivity (Wildman–Crippen MR) is 106 cm³/mol. The van der Waals surface area contributed by atoms with Crippen molar-refractivity contribution in [1.82, 2.24) is 15.0 Å². The molecule has 0 bridgehead atoms. The molecule has 5 nitrogen and oxygen atoms in total. The second-order valence-corrected chi connectivity index (χ2v) is 7.13. The lowest BCUT2D eigenvalue weighted by molar-refractivity contribution is -0.137. The zero-order valence-corrected chi connectivity index (χ0v) is 16.3. The Balaban J connectivity index is 1.49. The molecular weight excluding hydrogens is 412 g/mol. The number of allylic oxidation sites excluding steroid dienone is 2. The highest BCUT2D eigenvalue weighted by Crippen LogP contribution is 2.30. The fourth-order valence-electron chi connectivity index (χ4n) is 3.26. The van der Waals surface area contributed by atoms with Gasteiger partial charge in [-0.05, 0) is 30.2 Å². The number of amides is 1. The molecule has 1 aromatic carbocycles. The van der Waals surface area contributed by atoms with Crippen LogP contribution in [0.15, 0.2) is 48.9 Å². The zero-order valence-electron chi connectivity index (χ0n) is 16.3. The van der Waals surface area contributed by atoms with Crippen molar-refractivity contribution in [2.75, 3.05) is 5.32 Å². The van der Waals surface area contributed by atoms with Crippen molar-refractivity contribution in [2.24, 2.45) is 0 Å². The lowest BCUT2D eigenvalue weighted by Gasteiger charge is -2.10.